The van der Waals surface area contributed by atoms with Gasteiger partial charge in [0.15, 0.2) is 0 Å². The second-order valence-corrected chi connectivity index (χ2v) is 4.84. The Labute approximate surface area is 87.4 Å². The molecule has 2 fully saturated rings. The second kappa shape index (κ2) is 4.19. The third kappa shape index (κ3) is 1.70. The van der Waals surface area contributed by atoms with Crippen molar-refractivity contribution >= 4 is 0 Å². The summed E-state index contributed by atoms with van der Waals surface area (Å²) in [7, 11) is 0. The van der Waals surface area contributed by atoms with Crippen molar-refractivity contribution in [2.45, 2.75) is 57.7 Å². The molecule has 0 radical (unpaired) electrons. The van der Waals surface area contributed by atoms with Gasteiger partial charge in [-0.1, -0.05) is 26.7 Å². The van der Waals surface area contributed by atoms with Gasteiger partial charge in [0, 0.05) is 13.1 Å². The fourth-order valence-electron chi connectivity index (χ4n) is 3.17. The maximum absolute atomic E-state index is 6.33. The summed E-state index contributed by atoms with van der Waals surface area (Å²) < 4.78 is 6.33. The lowest BCUT2D eigenvalue weighted by Gasteiger charge is -2.43. The molecule has 3 atom stereocenters. The molecular weight excluding hydrogens is 174 g/mol. The zero-order valence-corrected chi connectivity index (χ0v) is 9.51. The molecule has 2 heteroatoms. The Morgan fingerprint density at radius 2 is 2.21 bits per heavy atom. The molecule has 1 heterocycles. The summed E-state index contributed by atoms with van der Waals surface area (Å²) in [6.45, 7) is 6.66. The van der Waals surface area contributed by atoms with Crippen LogP contribution in [-0.2, 0) is 4.74 Å². The maximum atomic E-state index is 6.33. The van der Waals surface area contributed by atoms with Crippen LogP contribution in [-0.4, -0.2) is 24.8 Å². The quantitative estimate of drug-likeness (QED) is 0.733. The Bertz CT molecular complexity index is 195. The van der Waals surface area contributed by atoms with Gasteiger partial charge < -0.3 is 10.1 Å². The van der Waals surface area contributed by atoms with Gasteiger partial charge in [-0.15, -0.1) is 0 Å². The molecule has 3 unspecified atom stereocenters. The molecule has 1 aliphatic heterocycles. The van der Waals surface area contributed by atoms with Crippen LogP contribution in [0.15, 0.2) is 0 Å². The van der Waals surface area contributed by atoms with Crippen LogP contribution in [0, 0.1) is 5.92 Å². The topological polar surface area (TPSA) is 21.3 Å². The lowest BCUT2D eigenvalue weighted by atomic mass is 9.87. The number of hydrogen-bond acceptors (Lipinski definition) is 2. The Balaban J connectivity index is 2.05. The van der Waals surface area contributed by atoms with E-state index in [1.165, 1.54) is 25.7 Å². The molecule has 1 spiro atoms. The van der Waals surface area contributed by atoms with Crippen LogP contribution in [0.25, 0.3) is 0 Å². The first-order chi connectivity index (χ1) is 6.80. The number of rotatable bonds is 2. The molecule has 0 amide bonds. The van der Waals surface area contributed by atoms with Gasteiger partial charge in [-0.25, -0.2) is 0 Å². The van der Waals surface area contributed by atoms with Crippen molar-refractivity contribution in [1.29, 1.82) is 0 Å². The Morgan fingerprint density at radius 1 is 1.36 bits per heavy atom. The molecule has 0 bridgehead atoms. The average Bonchev–Trinajstić information content (AvgIpc) is 2.60. The minimum absolute atomic E-state index is 0.202. The predicted molar refractivity (Wildman–Crippen MR) is 58.4 cm³/mol. The summed E-state index contributed by atoms with van der Waals surface area (Å²) in [5.41, 5.74) is 0.202. The Kier molecular flexibility index (Phi) is 3.13. The van der Waals surface area contributed by atoms with Gasteiger partial charge in [-0.2, -0.15) is 0 Å². The van der Waals surface area contributed by atoms with Crippen LogP contribution >= 0.6 is 0 Å². The van der Waals surface area contributed by atoms with Crippen molar-refractivity contribution in [2.24, 2.45) is 5.92 Å². The molecule has 0 aromatic rings. The highest BCUT2D eigenvalue weighted by atomic mass is 16.5. The van der Waals surface area contributed by atoms with Crippen molar-refractivity contribution in [3.63, 3.8) is 0 Å². The summed E-state index contributed by atoms with van der Waals surface area (Å²) >= 11 is 0. The first-order valence-corrected chi connectivity index (χ1v) is 6.19. The smallest absolute Gasteiger partial charge is 0.0838 e. The lowest BCUT2D eigenvalue weighted by molar-refractivity contribution is -0.137. The molecule has 0 aromatic carbocycles. The first kappa shape index (κ1) is 10.4. The van der Waals surface area contributed by atoms with Crippen molar-refractivity contribution in [2.75, 3.05) is 13.1 Å². The van der Waals surface area contributed by atoms with Crippen LogP contribution in [0.4, 0.5) is 0 Å². The third-order valence-corrected chi connectivity index (χ3v) is 4.04. The van der Waals surface area contributed by atoms with Crippen LogP contribution in [0.3, 0.4) is 0 Å². The van der Waals surface area contributed by atoms with Crippen molar-refractivity contribution < 1.29 is 4.74 Å². The summed E-state index contributed by atoms with van der Waals surface area (Å²) in [6.07, 6.45) is 6.87. The van der Waals surface area contributed by atoms with E-state index in [1.807, 2.05) is 0 Å². The van der Waals surface area contributed by atoms with E-state index in [9.17, 15) is 0 Å². The van der Waals surface area contributed by atoms with E-state index in [2.05, 4.69) is 19.2 Å². The fraction of sp³-hybridized carbons (Fsp3) is 1.00. The molecule has 82 valence electrons. The third-order valence-electron chi connectivity index (χ3n) is 4.04. The Morgan fingerprint density at radius 3 is 2.93 bits per heavy atom. The minimum atomic E-state index is 0.202. The molecule has 1 aliphatic carbocycles. The molecule has 1 saturated carbocycles. The van der Waals surface area contributed by atoms with Gasteiger partial charge in [0.25, 0.3) is 0 Å². The van der Waals surface area contributed by atoms with Crippen LogP contribution < -0.4 is 5.32 Å². The van der Waals surface area contributed by atoms with E-state index < -0.39 is 0 Å². The summed E-state index contributed by atoms with van der Waals surface area (Å²) in [4.78, 5) is 0. The molecule has 2 rings (SSSR count). The summed E-state index contributed by atoms with van der Waals surface area (Å²) in [6, 6.07) is 0. The fourth-order valence-corrected chi connectivity index (χ4v) is 3.17. The van der Waals surface area contributed by atoms with E-state index in [0.29, 0.717) is 6.10 Å². The SMILES string of the molecule is CCC1CNCC2(CCCC2CC)O1. The minimum Gasteiger partial charge on any atom is -0.369 e. The van der Waals surface area contributed by atoms with Gasteiger partial charge in [-0.05, 0) is 25.2 Å². The molecule has 2 aliphatic rings. The van der Waals surface area contributed by atoms with Crippen LogP contribution in [0.5, 0.6) is 0 Å². The monoisotopic (exact) mass is 197 g/mol. The summed E-state index contributed by atoms with van der Waals surface area (Å²) in [5, 5.41) is 3.56. The van der Waals surface area contributed by atoms with E-state index in [4.69, 9.17) is 4.74 Å². The van der Waals surface area contributed by atoms with E-state index in [-0.39, 0.29) is 5.60 Å². The van der Waals surface area contributed by atoms with E-state index >= 15 is 0 Å². The Hall–Kier alpha value is -0.0800. The van der Waals surface area contributed by atoms with Crippen molar-refractivity contribution in [3.8, 4) is 0 Å². The van der Waals surface area contributed by atoms with Crippen molar-refractivity contribution in [1.82, 2.24) is 5.32 Å². The molecule has 14 heavy (non-hydrogen) atoms. The van der Waals surface area contributed by atoms with Gasteiger partial charge >= 0.3 is 0 Å². The molecule has 2 nitrogen and oxygen atoms in total. The zero-order chi connectivity index (χ0) is 10.0. The van der Waals surface area contributed by atoms with E-state index in [1.54, 1.807) is 0 Å². The predicted octanol–water partition coefficient (Wildman–Crippen LogP) is 2.33. The standard InChI is InChI=1S/C12H23NO/c1-3-10-6-5-7-12(10)9-13-8-11(4-2)14-12/h10-11,13H,3-9H2,1-2H3. The van der Waals surface area contributed by atoms with Gasteiger partial charge in [0.2, 0.25) is 0 Å². The molecular formula is C12H23NO. The van der Waals surface area contributed by atoms with Crippen LogP contribution in [0.1, 0.15) is 46.0 Å². The molecule has 1 N–H and O–H groups in total. The van der Waals surface area contributed by atoms with Crippen molar-refractivity contribution in [3.05, 3.63) is 0 Å². The first-order valence-electron chi connectivity index (χ1n) is 6.19. The second-order valence-electron chi connectivity index (χ2n) is 4.84. The highest BCUT2D eigenvalue weighted by Crippen LogP contribution is 2.42. The van der Waals surface area contributed by atoms with Gasteiger partial charge in [-0.3, -0.25) is 0 Å². The van der Waals surface area contributed by atoms with Crippen LogP contribution in [0.2, 0.25) is 0 Å². The molecule has 0 aromatic heterocycles. The van der Waals surface area contributed by atoms with Gasteiger partial charge in [0.05, 0.1) is 11.7 Å². The largest absolute Gasteiger partial charge is 0.369 e. The highest BCUT2D eigenvalue weighted by molar-refractivity contribution is 4.98. The number of nitrogens with one attached hydrogen (secondary N) is 1. The lowest BCUT2D eigenvalue weighted by Crippen LogP contribution is -2.55. The number of ether oxygens (including phenoxy) is 1. The number of hydrogen-bond donors (Lipinski definition) is 1. The molecule has 1 saturated heterocycles. The van der Waals surface area contributed by atoms with E-state index in [0.717, 1.165) is 25.4 Å². The average molecular weight is 197 g/mol. The van der Waals surface area contributed by atoms with Gasteiger partial charge in [0.1, 0.15) is 0 Å². The highest BCUT2D eigenvalue weighted by Gasteiger charge is 2.45. The summed E-state index contributed by atoms with van der Waals surface area (Å²) in [5.74, 6) is 0.796. The normalized spacial score (nSPS) is 43.3. The maximum Gasteiger partial charge on any atom is 0.0838 e. The zero-order valence-electron chi connectivity index (χ0n) is 9.51. The number of morpholine rings is 1.